The Balaban J connectivity index is 4.08. The van der Waals surface area contributed by atoms with Crippen LogP contribution in [0.2, 0.25) is 0 Å². The Labute approximate surface area is 130 Å². The summed E-state index contributed by atoms with van der Waals surface area (Å²) in [4.78, 5) is 5.11. The number of alkyl halides is 3. The predicted octanol–water partition coefficient (Wildman–Crippen LogP) is 0.469. The summed E-state index contributed by atoms with van der Waals surface area (Å²) in [7, 11) is -0.0920. The van der Waals surface area contributed by atoms with Crippen molar-refractivity contribution in [3.05, 3.63) is 0 Å². The fourth-order valence-corrected chi connectivity index (χ4v) is 2.42. The van der Waals surface area contributed by atoms with Crippen LogP contribution in [0.25, 0.3) is 0 Å². The summed E-state index contributed by atoms with van der Waals surface area (Å²) in [5, 5.41) is 5.89. The molecule has 0 aliphatic heterocycles. The summed E-state index contributed by atoms with van der Waals surface area (Å²) in [6.07, 6.45) is -2.62. The standard InChI is InChI=1S/C12H25F3N4O2S/c1-10(5-8-22(4,20)21)18-11(16-2)17-6-7-19(3)9-12(13,14)15/h10H,5-9H2,1-4H3,(H2,16,17,18). The van der Waals surface area contributed by atoms with E-state index in [-0.39, 0.29) is 18.3 Å². The molecule has 0 aromatic rings. The van der Waals surface area contributed by atoms with Gasteiger partial charge in [0.1, 0.15) is 9.84 Å². The highest BCUT2D eigenvalue weighted by Gasteiger charge is 2.28. The molecule has 0 amide bonds. The Bertz CT molecular complexity index is 452. The molecule has 0 radical (unpaired) electrons. The Morgan fingerprint density at radius 2 is 1.95 bits per heavy atom. The van der Waals surface area contributed by atoms with E-state index < -0.39 is 22.6 Å². The van der Waals surface area contributed by atoms with Gasteiger partial charge in [-0.25, -0.2) is 8.42 Å². The van der Waals surface area contributed by atoms with Crippen molar-refractivity contribution in [1.82, 2.24) is 15.5 Å². The number of guanidine groups is 1. The van der Waals surface area contributed by atoms with Gasteiger partial charge >= 0.3 is 6.18 Å². The van der Waals surface area contributed by atoms with Crippen molar-refractivity contribution in [1.29, 1.82) is 0 Å². The van der Waals surface area contributed by atoms with Gasteiger partial charge in [-0.15, -0.1) is 0 Å². The molecule has 132 valence electrons. The maximum atomic E-state index is 12.2. The highest BCUT2D eigenvalue weighted by molar-refractivity contribution is 7.90. The van der Waals surface area contributed by atoms with Crippen LogP contribution in [-0.4, -0.2) is 77.2 Å². The van der Waals surface area contributed by atoms with Gasteiger partial charge in [0.15, 0.2) is 5.96 Å². The number of likely N-dealkylation sites (N-methyl/N-ethyl adjacent to an activating group) is 1. The molecule has 0 aliphatic rings. The van der Waals surface area contributed by atoms with E-state index >= 15 is 0 Å². The average Bonchev–Trinajstić information content (AvgIpc) is 2.32. The summed E-state index contributed by atoms with van der Waals surface area (Å²) >= 11 is 0. The lowest BCUT2D eigenvalue weighted by atomic mass is 10.3. The van der Waals surface area contributed by atoms with Gasteiger partial charge in [0.05, 0.1) is 12.3 Å². The SMILES string of the molecule is CN=C(NCCN(C)CC(F)(F)F)NC(C)CCS(C)(=O)=O. The normalized spacial score (nSPS) is 15.0. The number of aliphatic imine (C=N–C) groups is 1. The zero-order valence-corrected chi connectivity index (χ0v) is 14.2. The van der Waals surface area contributed by atoms with E-state index in [2.05, 4.69) is 15.6 Å². The number of hydrogen-bond donors (Lipinski definition) is 2. The first-order valence-corrected chi connectivity index (χ1v) is 8.89. The molecule has 0 bridgehead atoms. The molecule has 0 saturated heterocycles. The number of hydrogen-bond acceptors (Lipinski definition) is 4. The van der Waals surface area contributed by atoms with Gasteiger partial charge in [0, 0.05) is 32.4 Å². The van der Waals surface area contributed by atoms with Crippen molar-refractivity contribution in [2.24, 2.45) is 4.99 Å². The van der Waals surface area contributed by atoms with Gasteiger partial charge < -0.3 is 10.6 Å². The first kappa shape index (κ1) is 21.0. The lowest BCUT2D eigenvalue weighted by Gasteiger charge is -2.21. The van der Waals surface area contributed by atoms with E-state index in [1.807, 2.05) is 6.92 Å². The Hall–Kier alpha value is -1.03. The fourth-order valence-electron chi connectivity index (χ4n) is 1.64. The topological polar surface area (TPSA) is 73.8 Å². The maximum Gasteiger partial charge on any atom is 0.401 e. The summed E-state index contributed by atoms with van der Waals surface area (Å²) in [6, 6.07) is -0.117. The zero-order chi connectivity index (χ0) is 17.4. The minimum absolute atomic E-state index is 0.0620. The molecule has 0 fully saturated rings. The minimum atomic E-state index is -4.21. The molecule has 0 aromatic heterocycles. The number of nitrogens with zero attached hydrogens (tertiary/aromatic N) is 2. The molecule has 0 aromatic carbocycles. The second-order valence-corrected chi connectivity index (χ2v) is 7.58. The fraction of sp³-hybridized carbons (Fsp3) is 0.917. The molecule has 10 heteroatoms. The van der Waals surface area contributed by atoms with Crippen molar-refractivity contribution in [2.75, 3.05) is 45.7 Å². The molecule has 0 heterocycles. The molecule has 1 unspecified atom stereocenters. The first-order chi connectivity index (χ1) is 9.93. The number of nitrogens with one attached hydrogen (secondary N) is 2. The van der Waals surface area contributed by atoms with Gasteiger partial charge in [-0.3, -0.25) is 9.89 Å². The van der Waals surface area contributed by atoms with E-state index in [4.69, 9.17) is 0 Å². The summed E-state index contributed by atoms with van der Waals surface area (Å²) in [5.41, 5.74) is 0. The first-order valence-electron chi connectivity index (χ1n) is 6.83. The largest absolute Gasteiger partial charge is 0.401 e. The smallest absolute Gasteiger partial charge is 0.355 e. The third kappa shape index (κ3) is 12.7. The monoisotopic (exact) mass is 346 g/mol. The van der Waals surface area contributed by atoms with Crippen LogP contribution < -0.4 is 10.6 Å². The minimum Gasteiger partial charge on any atom is -0.355 e. The predicted molar refractivity (Wildman–Crippen MR) is 81.8 cm³/mol. The molecule has 2 N–H and O–H groups in total. The lowest BCUT2D eigenvalue weighted by Crippen LogP contribution is -2.45. The molecule has 0 rings (SSSR count). The van der Waals surface area contributed by atoms with Crippen LogP contribution in [0.4, 0.5) is 13.2 Å². The van der Waals surface area contributed by atoms with E-state index in [1.165, 1.54) is 20.4 Å². The third-order valence-electron chi connectivity index (χ3n) is 2.76. The highest BCUT2D eigenvalue weighted by Crippen LogP contribution is 2.14. The quantitative estimate of drug-likeness (QED) is 0.494. The van der Waals surface area contributed by atoms with Crippen LogP contribution in [0.3, 0.4) is 0 Å². The van der Waals surface area contributed by atoms with Crippen LogP contribution in [0, 0.1) is 0 Å². The van der Waals surface area contributed by atoms with Crippen LogP contribution in [0.1, 0.15) is 13.3 Å². The van der Waals surface area contributed by atoms with Crippen LogP contribution in [0.15, 0.2) is 4.99 Å². The van der Waals surface area contributed by atoms with Crippen molar-refractivity contribution in [2.45, 2.75) is 25.6 Å². The number of sulfone groups is 1. The molecular weight excluding hydrogens is 321 g/mol. The Kier molecular flexibility index (Phi) is 8.76. The average molecular weight is 346 g/mol. The van der Waals surface area contributed by atoms with E-state index in [9.17, 15) is 21.6 Å². The number of rotatable bonds is 8. The molecular formula is C12H25F3N4O2S. The maximum absolute atomic E-state index is 12.2. The van der Waals surface area contributed by atoms with Gasteiger partial charge in [0.25, 0.3) is 0 Å². The lowest BCUT2D eigenvalue weighted by molar-refractivity contribution is -0.142. The molecule has 1 atom stereocenters. The Morgan fingerprint density at radius 3 is 2.41 bits per heavy atom. The molecule has 22 heavy (non-hydrogen) atoms. The van der Waals surface area contributed by atoms with Crippen molar-refractivity contribution in [3.63, 3.8) is 0 Å². The van der Waals surface area contributed by atoms with Crippen molar-refractivity contribution in [3.8, 4) is 0 Å². The highest BCUT2D eigenvalue weighted by atomic mass is 32.2. The van der Waals surface area contributed by atoms with Gasteiger partial charge in [-0.05, 0) is 20.4 Å². The Morgan fingerprint density at radius 1 is 1.36 bits per heavy atom. The van der Waals surface area contributed by atoms with Crippen molar-refractivity contribution >= 4 is 15.8 Å². The molecule has 0 spiro atoms. The van der Waals surface area contributed by atoms with E-state index in [0.29, 0.717) is 18.9 Å². The summed E-state index contributed by atoms with van der Waals surface area (Å²) in [5.74, 6) is 0.494. The summed E-state index contributed by atoms with van der Waals surface area (Å²) in [6.45, 7) is 1.35. The molecule has 0 saturated carbocycles. The molecule has 6 nitrogen and oxygen atoms in total. The molecule has 0 aliphatic carbocycles. The van der Waals surface area contributed by atoms with Crippen LogP contribution in [-0.2, 0) is 9.84 Å². The van der Waals surface area contributed by atoms with Gasteiger partial charge in [-0.1, -0.05) is 0 Å². The zero-order valence-electron chi connectivity index (χ0n) is 13.4. The second-order valence-electron chi connectivity index (χ2n) is 5.32. The second kappa shape index (κ2) is 9.19. The van der Waals surface area contributed by atoms with Gasteiger partial charge in [0.2, 0.25) is 0 Å². The van der Waals surface area contributed by atoms with Crippen LogP contribution in [0.5, 0.6) is 0 Å². The summed E-state index contributed by atoms with van der Waals surface area (Å²) < 4.78 is 58.7. The van der Waals surface area contributed by atoms with E-state index in [0.717, 1.165) is 4.90 Å². The third-order valence-corrected chi connectivity index (χ3v) is 3.74. The van der Waals surface area contributed by atoms with E-state index in [1.54, 1.807) is 0 Å². The van der Waals surface area contributed by atoms with Crippen molar-refractivity contribution < 1.29 is 21.6 Å². The van der Waals surface area contributed by atoms with Crippen LogP contribution >= 0.6 is 0 Å². The van der Waals surface area contributed by atoms with Gasteiger partial charge in [-0.2, -0.15) is 13.2 Å². The number of halogens is 3.